The van der Waals surface area contributed by atoms with Crippen LogP contribution in [0.4, 0.5) is 0 Å². The molecular weight excluding hydrogens is 388 g/mol. The Bertz CT molecular complexity index is 601. The summed E-state index contributed by atoms with van der Waals surface area (Å²) >= 11 is 0. The fourth-order valence-electron chi connectivity index (χ4n) is 4.63. The van der Waals surface area contributed by atoms with Gasteiger partial charge < -0.3 is 19.3 Å². The second-order valence-electron chi connectivity index (χ2n) is 9.71. The number of aliphatic hydroxyl groups excluding tert-OH is 1. The Morgan fingerprint density at radius 2 is 1.60 bits per heavy atom. The first kappa shape index (κ1) is 23.4. The van der Waals surface area contributed by atoms with Crippen molar-refractivity contribution in [1.82, 2.24) is 9.80 Å². The summed E-state index contributed by atoms with van der Waals surface area (Å²) in [5.74, 6) is -1.96. The lowest BCUT2D eigenvalue weighted by molar-refractivity contribution is -0.298. The molecule has 0 aromatic heterocycles. The zero-order valence-electron chi connectivity index (χ0n) is 18.9. The van der Waals surface area contributed by atoms with Crippen molar-refractivity contribution < 1.29 is 28.9 Å². The molecule has 8 heteroatoms. The number of nitrogens with zero attached hydrogens (tertiary/aromatic N) is 2. The number of β-amino-alcohol motifs (C(OH)–C–C–N with tert-alkyl or cyclic N) is 1. The molecule has 1 aliphatic carbocycles. The predicted octanol–water partition coefficient (Wildman–Crippen LogP) is 1.89. The predicted molar refractivity (Wildman–Crippen MR) is 110 cm³/mol. The highest BCUT2D eigenvalue weighted by Crippen LogP contribution is 2.38. The molecule has 30 heavy (non-hydrogen) atoms. The van der Waals surface area contributed by atoms with E-state index in [1.165, 1.54) is 0 Å². The van der Waals surface area contributed by atoms with Crippen LogP contribution in [-0.2, 0) is 23.8 Å². The number of carbonyl (C=O) groups is 2. The summed E-state index contributed by atoms with van der Waals surface area (Å²) in [6.07, 6.45) is 4.16. The molecule has 3 aliphatic rings. The van der Waals surface area contributed by atoms with Gasteiger partial charge in [-0.25, -0.2) is 9.69 Å². The molecule has 0 spiro atoms. The van der Waals surface area contributed by atoms with Gasteiger partial charge in [0, 0.05) is 26.2 Å². The highest BCUT2D eigenvalue weighted by molar-refractivity contribution is 5.79. The molecule has 2 saturated heterocycles. The average Bonchev–Trinajstić information content (AvgIpc) is 3.18. The highest BCUT2D eigenvalue weighted by Gasteiger charge is 2.58. The van der Waals surface area contributed by atoms with Crippen molar-refractivity contribution in [3.63, 3.8) is 0 Å². The molecule has 0 amide bonds. The van der Waals surface area contributed by atoms with E-state index >= 15 is 0 Å². The smallest absolute Gasteiger partial charge is 0.371 e. The Labute approximate surface area is 179 Å². The first-order chi connectivity index (χ1) is 14.2. The first-order valence-corrected chi connectivity index (χ1v) is 11.4. The Kier molecular flexibility index (Phi) is 7.43. The van der Waals surface area contributed by atoms with E-state index in [0.29, 0.717) is 45.4 Å². The maximum Gasteiger partial charge on any atom is 0.371 e. The second-order valence-corrected chi connectivity index (χ2v) is 9.71. The SMILES string of the molecule is CCOC(=O)[C@H]1CC[C@H](OC(C(=O)OC(C)(C)C)(N2CCCC2)N2CC(O)C2)CC1. The third-order valence-electron chi connectivity index (χ3n) is 6.12. The number of aliphatic hydroxyl groups is 1. The number of ether oxygens (including phenoxy) is 3. The summed E-state index contributed by atoms with van der Waals surface area (Å²) in [7, 11) is 0. The van der Waals surface area contributed by atoms with Crippen LogP contribution in [0.25, 0.3) is 0 Å². The molecule has 2 heterocycles. The molecule has 3 rings (SSSR count). The van der Waals surface area contributed by atoms with Crippen LogP contribution in [0, 0.1) is 5.92 Å². The van der Waals surface area contributed by atoms with E-state index in [0.717, 1.165) is 25.9 Å². The second kappa shape index (κ2) is 9.51. The average molecular weight is 427 g/mol. The quantitative estimate of drug-likeness (QED) is 0.618. The summed E-state index contributed by atoms with van der Waals surface area (Å²) in [6.45, 7) is 10.1. The van der Waals surface area contributed by atoms with E-state index in [1.807, 2.05) is 32.6 Å². The number of rotatable bonds is 7. The molecule has 1 unspecified atom stereocenters. The Morgan fingerprint density at radius 3 is 2.10 bits per heavy atom. The molecule has 1 atom stereocenters. The molecule has 8 nitrogen and oxygen atoms in total. The van der Waals surface area contributed by atoms with Gasteiger partial charge in [-0.1, -0.05) is 0 Å². The lowest BCUT2D eigenvalue weighted by Gasteiger charge is -2.53. The minimum atomic E-state index is -1.32. The summed E-state index contributed by atoms with van der Waals surface area (Å²) in [6, 6.07) is 0. The van der Waals surface area contributed by atoms with Crippen LogP contribution in [0.5, 0.6) is 0 Å². The van der Waals surface area contributed by atoms with Crippen molar-refractivity contribution in [3.05, 3.63) is 0 Å². The van der Waals surface area contributed by atoms with Crippen molar-refractivity contribution in [2.24, 2.45) is 5.92 Å². The van der Waals surface area contributed by atoms with Crippen molar-refractivity contribution in [3.8, 4) is 0 Å². The fourth-order valence-corrected chi connectivity index (χ4v) is 4.63. The minimum Gasteiger partial charge on any atom is -0.466 e. The van der Waals surface area contributed by atoms with Gasteiger partial charge in [-0.05, 0) is 66.2 Å². The van der Waals surface area contributed by atoms with Gasteiger partial charge in [0.1, 0.15) is 5.60 Å². The third kappa shape index (κ3) is 5.15. The zero-order valence-corrected chi connectivity index (χ0v) is 18.9. The lowest BCUT2D eigenvalue weighted by Crippen LogP contribution is -2.74. The van der Waals surface area contributed by atoms with E-state index in [4.69, 9.17) is 14.2 Å². The van der Waals surface area contributed by atoms with Crippen molar-refractivity contribution in [1.29, 1.82) is 0 Å². The van der Waals surface area contributed by atoms with E-state index in [1.54, 1.807) is 0 Å². The van der Waals surface area contributed by atoms with E-state index in [2.05, 4.69) is 4.90 Å². The normalized spacial score (nSPS) is 28.6. The van der Waals surface area contributed by atoms with Crippen LogP contribution in [0.3, 0.4) is 0 Å². The maximum atomic E-state index is 13.6. The van der Waals surface area contributed by atoms with E-state index in [-0.39, 0.29) is 18.0 Å². The van der Waals surface area contributed by atoms with Gasteiger partial charge in [-0.2, -0.15) is 0 Å². The van der Waals surface area contributed by atoms with Crippen molar-refractivity contribution in [2.45, 2.75) is 89.9 Å². The maximum absolute atomic E-state index is 13.6. The monoisotopic (exact) mass is 426 g/mol. The van der Waals surface area contributed by atoms with Gasteiger partial charge in [0.2, 0.25) is 0 Å². The zero-order chi connectivity index (χ0) is 21.9. The van der Waals surface area contributed by atoms with Gasteiger partial charge >= 0.3 is 11.9 Å². The number of likely N-dealkylation sites (tertiary alicyclic amines) is 2. The van der Waals surface area contributed by atoms with Crippen LogP contribution >= 0.6 is 0 Å². The molecule has 172 valence electrons. The molecular formula is C22H38N2O6. The van der Waals surface area contributed by atoms with Crippen LogP contribution in [0.1, 0.15) is 66.2 Å². The van der Waals surface area contributed by atoms with Crippen molar-refractivity contribution >= 4 is 11.9 Å². The van der Waals surface area contributed by atoms with Gasteiger partial charge in [-0.15, -0.1) is 0 Å². The van der Waals surface area contributed by atoms with E-state index in [9.17, 15) is 14.7 Å². The first-order valence-electron chi connectivity index (χ1n) is 11.4. The Balaban J connectivity index is 1.78. The van der Waals surface area contributed by atoms with Crippen molar-refractivity contribution in [2.75, 3.05) is 32.8 Å². The fraction of sp³-hybridized carbons (Fsp3) is 0.909. The van der Waals surface area contributed by atoms with Crippen LogP contribution in [-0.4, -0.2) is 83.3 Å². The minimum absolute atomic E-state index is 0.0988. The number of esters is 2. The third-order valence-corrected chi connectivity index (χ3v) is 6.12. The summed E-state index contributed by atoms with van der Waals surface area (Å²) in [5, 5.41) is 9.97. The van der Waals surface area contributed by atoms with Gasteiger partial charge in [0.25, 0.3) is 5.85 Å². The van der Waals surface area contributed by atoms with Gasteiger partial charge in [-0.3, -0.25) is 9.69 Å². The Morgan fingerprint density at radius 1 is 1.00 bits per heavy atom. The number of carbonyl (C=O) groups excluding carboxylic acids is 2. The molecule has 0 bridgehead atoms. The molecule has 0 radical (unpaired) electrons. The standard InChI is InChI=1S/C22H38N2O6/c1-5-28-19(26)16-8-10-18(11-9-16)29-22(23-12-6-7-13-23,24-14-17(25)15-24)20(27)30-21(2,3)4/h16-18,25H,5-15H2,1-4H3/t16-,18-,22?. The molecule has 0 aromatic carbocycles. The molecule has 1 saturated carbocycles. The van der Waals surface area contributed by atoms with Crippen LogP contribution < -0.4 is 0 Å². The highest BCUT2D eigenvalue weighted by atomic mass is 16.6. The van der Waals surface area contributed by atoms with Gasteiger partial charge in [0.05, 0.1) is 24.7 Å². The molecule has 0 aromatic rings. The molecule has 3 fully saturated rings. The summed E-state index contributed by atoms with van der Waals surface area (Å²) in [5.41, 5.74) is -0.642. The summed E-state index contributed by atoms with van der Waals surface area (Å²) < 4.78 is 17.6. The number of hydrogen-bond donors (Lipinski definition) is 1. The molecule has 2 aliphatic heterocycles. The molecule has 1 N–H and O–H groups in total. The largest absolute Gasteiger partial charge is 0.466 e. The van der Waals surface area contributed by atoms with Crippen LogP contribution in [0.15, 0.2) is 0 Å². The van der Waals surface area contributed by atoms with E-state index < -0.39 is 23.5 Å². The van der Waals surface area contributed by atoms with Crippen LogP contribution in [0.2, 0.25) is 0 Å². The Hall–Kier alpha value is -1.22. The number of hydrogen-bond acceptors (Lipinski definition) is 8. The van der Waals surface area contributed by atoms with Gasteiger partial charge in [0.15, 0.2) is 0 Å². The topological polar surface area (TPSA) is 88.5 Å². The summed E-state index contributed by atoms with van der Waals surface area (Å²) in [4.78, 5) is 29.6. The lowest BCUT2D eigenvalue weighted by atomic mass is 9.87.